The molecule has 3 nitrogen and oxygen atoms in total. The van der Waals surface area contributed by atoms with Crippen molar-refractivity contribution in [2.75, 3.05) is 0 Å². The summed E-state index contributed by atoms with van der Waals surface area (Å²) in [4.78, 5) is 10.1. The molecule has 1 aromatic heterocycles. The molecule has 0 saturated heterocycles. The standard InChI is InChI=1S/C43H27N3/c44-28-29-12-14-30(15-13-29)31-16-18-32(19-17-31)33-20-26-37(27-21-33)43-45-41-11-4-3-9-40(41)42(46-43)36-24-22-35(23-25-36)39-10-5-7-34-6-1-2-8-38(34)39/h1-27H. The maximum atomic E-state index is 9.08. The van der Waals surface area contributed by atoms with Gasteiger partial charge in [-0.25, -0.2) is 9.97 Å². The van der Waals surface area contributed by atoms with Crippen molar-refractivity contribution in [1.82, 2.24) is 9.97 Å². The Kier molecular flexibility index (Phi) is 6.87. The Morgan fingerprint density at radius 3 is 1.54 bits per heavy atom. The molecule has 0 spiro atoms. The van der Waals surface area contributed by atoms with Crippen LogP contribution in [-0.4, -0.2) is 9.97 Å². The highest BCUT2D eigenvalue weighted by Crippen LogP contribution is 2.34. The molecule has 0 amide bonds. The van der Waals surface area contributed by atoms with Crippen molar-refractivity contribution in [3.63, 3.8) is 0 Å². The molecule has 214 valence electrons. The Labute approximate surface area is 267 Å². The van der Waals surface area contributed by atoms with Gasteiger partial charge < -0.3 is 0 Å². The van der Waals surface area contributed by atoms with Gasteiger partial charge in [0, 0.05) is 16.5 Å². The Hall–Kier alpha value is -6.37. The van der Waals surface area contributed by atoms with Crippen LogP contribution in [0.3, 0.4) is 0 Å². The number of benzene rings is 7. The minimum absolute atomic E-state index is 0.665. The van der Waals surface area contributed by atoms with E-state index < -0.39 is 0 Å². The molecule has 0 fully saturated rings. The molecular formula is C43H27N3. The van der Waals surface area contributed by atoms with Crippen LogP contribution >= 0.6 is 0 Å². The van der Waals surface area contributed by atoms with Crippen molar-refractivity contribution in [3.05, 3.63) is 169 Å². The molecular weight excluding hydrogens is 558 g/mol. The molecule has 0 unspecified atom stereocenters. The predicted octanol–water partition coefficient (Wildman–Crippen LogP) is 11.0. The average Bonchev–Trinajstić information content (AvgIpc) is 3.14. The highest BCUT2D eigenvalue weighted by Gasteiger charge is 2.13. The number of hydrogen-bond donors (Lipinski definition) is 0. The second-order valence-corrected chi connectivity index (χ2v) is 11.4. The first-order valence-corrected chi connectivity index (χ1v) is 15.3. The zero-order chi connectivity index (χ0) is 30.9. The number of nitrogens with zero attached hydrogens (tertiary/aromatic N) is 3. The first kappa shape index (κ1) is 27.2. The van der Waals surface area contributed by atoms with Crippen molar-refractivity contribution in [2.24, 2.45) is 0 Å². The van der Waals surface area contributed by atoms with Gasteiger partial charge in [-0.2, -0.15) is 5.26 Å². The largest absolute Gasteiger partial charge is 0.228 e. The molecule has 1 heterocycles. The van der Waals surface area contributed by atoms with E-state index in [4.69, 9.17) is 15.2 Å². The fraction of sp³-hybridized carbons (Fsp3) is 0. The normalized spacial score (nSPS) is 11.0. The summed E-state index contributed by atoms with van der Waals surface area (Å²) >= 11 is 0. The highest BCUT2D eigenvalue weighted by atomic mass is 14.9. The Morgan fingerprint density at radius 1 is 0.391 bits per heavy atom. The SMILES string of the molecule is N#Cc1ccc(-c2ccc(-c3ccc(-c4nc(-c5ccc(-c6cccc7ccccc67)cc5)c5ccccc5n4)cc3)cc2)cc1. The summed E-state index contributed by atoms with van der Waals surface area (Å²) in [5, 5.41) is 12.6. The molecule has 8 rings (SSSR count). The number of hydrogen-bond acceptors (Lipinski definition) is 3. The summed E-state index contributed by atoms with van der Waals surface area (Å²) in [6.45, 7) is 0. The lowest BCUT2D eigenvalue weighted by atomic mass is 9.96. The van der Waals surface area contributed by atoms with Gasteiger partial charge in [0.15, 0.2) is 5.82 Å². The van der Waals surface area contributed by atoms with Crippen LogP contribution in [0.4, 0.5) is 0 Å². The summed E-state index contributed by atoms with van der Waals surface area (Å²) in [5.74, 6) is 0.703. The van der Waals surface area contributed by atoms with Crippen LogP contribution in [0.2, 0.25) is 0 Å². The maximum absolute atomic E-state index is 9.08. The second-order valence-electron chi connectivity index (χ2n) is 11.4. The van der Waals surface area contributed by atoms with Crippen LogP contribution < -0.4 is 0 Å². The minimum Gasteiger partial charge on any atom is -0.228 e. The Bertz CT molecular complexity index is 2380. The Morgan fingerprint density at radius 2 is 0.891 bits per heavy atom. The van der Waals surface area contributed by atoms with Crippen molar-refractivity contribution < 1.29 is 0 Å². The van der Waals surface area contributed by atoms with E-state index in [1.165, 1.54) is 21.9 Å². The fourth-order valence-electron chi connectivity index (χ4n) is 6.11. The minimum atomic E-state index is 0.665. The molecule has 46 heavy (non-hydrogen) atoms. The fourth-order valence-corrected chi connectivity index (χ4v) is 6.11. The summed E-state index contributed by atoms with van der Waals surface area (Å²) < 4.78 is 0. The van der Waals surface area contributed by atoms with Gasteiger partial charge in [-0.15, -0.1) is 0 Å². The van der Waals surface area contributed by atoms with Crippen LogP contribution in [0.25, 0.3) is 77.7 Å². The zero-order valence-electron chi connectivity index (χ0n) is 24.9. The van der Waals surface area contributed by atoms with Crippen LogP contribution in [-0.2, 0) is 0 Å². The third kappa shape index (κ3) is 5.09. The lowest BCUT2D eigenvalue weighted by molar-refractivity contribution is 1.23. The predicted molar refractivity (Wildman–Crippen MR) is 189 cm³/mol. The smallest absolute Gasteiger partial charge is 0.160 e. The van der Waals surface area contributed by atoms with E-state index in [1.807, 2.05) is 36.4 Å². The van der Waals surface area contributed by atoms with E-state index in [0.717, 1.165) is 50.0 Å². The lowest BCUT2D eigenvalue weighted by Crippen LogP contribution is -1.95. The highest BCUT2D eigenvalue weighted by molar-refractivity contribution is 5.98. The summed E-state index contributed by atoms with van der Waals surface area (Å²) in [6.07, 6.45) is 0. The van der Waals surface area contributed by atoms with Crippen molar-refractivity contribution in [2.45, 2.75) is 0 Å². The van der Waals surface area contributed by atoms with E-state index in [-0.39, 0.29) is 0 Å². The van der Waals surface area contributed by atoms with Crippen molar-refractivity contribution >= 4 is 21.7 Å². The zero-order valence-corrected chi connectivity index (χ0v) is 24.9. The van der Waals surface area contributed by atoms with Crippen molar-refractivity contribution in [1.29, 1.82) is 5.26 Å². The number of aromatic nitrogens is 2. The molecule has 7 aromatic carbocycles. The molecule has 0 bridgehead atoms. The number of nitriles is 1. The number of rotatable bonds is 5. The number of para-hydroxylation sites is 1. The van der Waals surface area contributed by atoms with Gasteiger partial charge >= 0.3 is 0 Å². The van der Waals surface area contributed by atoms with Crippen LogP contribution in [0.15, 0.2) is 164 Å². The average molecular weight is 586 g/mol. The van der Waals surface area contributed by atoms with E-state index in [0.29, 0.717) is 11.4 Å². The van der Waals surface area contributed by atoms with E-state index >= 15 is 0 Å². The van der Waals surface area contributed by atoms with Crippen LogP contribution in [0.5, 0.6) is 0 Å². The first-order chi connectivity index (χ1) is 22.7. The van der Waals surface area contributed by atoms with Gasteiger partial charge in [-0.3, -0.25) is 0 Å². The van der Waals surface area contributed by atoms with Crippen molar-refractivity contribution in [3.8, 4) is 62.1 Å². The monoisotopic (exact) mass is 585 g/mol. The quantitative estimate of drug-likeness (QED) is 0.202. The summed E-state index contributed by atoms with van der Waals surface area (Å²) in [7, 11) is 0. The molecule has 0 N–H and O–H groups in total. The molecule has 0 aliphatic carbocycles. The molecule has 0 radical (unpaired) electrons. The van der Waals surface area contributed by atoms with Gasteiger partial charge in [0.05, 0.1) is 22.8 Å². The van der Waals surface area contributed by atoms with E-state index in [1.54, 1.807) is 0 Å². The third-order valence-corrected chi connectivity index (χ3v) is 8.57. The topological polar surface area (TPSA) is 49.6 Å². The maximum Gasteiger partial charge on any atom is 0.160 e. The lowest BCUT2D eigenvalue weighted by Gasteiger charge is -2.11. The van der Waals surface area contributed by atoms with Gasteiger partial charge in [0.1, 0.15) is 0 Å². The van der Waals surface area contributed by atoms with E-state index in [2.05, 4.69) is 133 Å². The second kappa shape index (κ2) is 11.6. The van der Waals surface area contributed by atoms with Gasteiger partial charge in [-0.05, 0) is 62.4 Å². The summed E-state index contributed by atoms with van der Waals surface area (Å²) in [6, 6.07) is 58.7. The summed E-state index contributed by atoms with van der Waals surface area (Å²) in [5.41, 5.74) is 11.4. The molecule has 0 saturated carbocycles. The molecule has 3 heteroatoms. The third-order valence-electron chi connectivity index (χ3n) is 8.57. The van der Waals surface area contributed by atoms with Crippen LogP contribution in [0.1, 0.15) is 5.56 Å². The Balaban J connectivity index is 1.11. The molecule has 0 aliphatic heterocycles. The molecule has 0 aliphatic rings. The molecule has 0 atom stereocenters. The van der Waals surface area contributed by atoms with Gasteiger partial charge in [-0.1, -0.05) is 146 Å². The van der Waals surface area contributed by atoms with E-state index in [9.17, 15) is 0 Å². The van der Waals surface area contributed by atoms with Crippen LogP contribution in [0, 0.1) is 11.3 Å². The molecule has 8 aromatic rings. The number of fused-ring (bicyclic) bond motifs is 2. The van der Waals surface area contributed by atoms with Gasteiger partial charge in [0.2, 0.25) is 0 Å². The van der Waals surface area contributed by atoms with Gasteiger partial charge in [0.25, 0.3) is 0 Å². The first-order valence-electron chi connectivity index (χ1n) is 15.3.